The molecule has 6 nitrogen and oxygen atoms in total. The molecule has 0 radical (unpaired) electrons. The Morgan fingerprint density at radius 1 is 1.28 bits per heavy atom. The molecule has 2 rings (SSSR count). The van der Waals surface area contributed by atoms with Crippen LogP contribution >= 0.6 is 15.9 Å². The van der Waals surface area contributed by atoms with Crippen LogP contribution in [0.3, 0.4) is 0 Å². The molecule has 7 heteroatoms. The molecule has 0 amide bonds. The summed E-state index contributed by atoms with van der Waals surface area (Å²) in [6.07, 6.45) is 0. The fourth-order valence-corrected chi connectivity index (χ4v) is 1.99. The Kier molecular flexibility index (Phi) is 3.16. The number of pyridine rings is 1. The standard InChI is InChI=1S/C11H11BrN4O2/c1-6-9(12)4-5-10(13-6)15-8(3)11(16(17)18)7(2)14-15/h4-5H,1-3H3. The van der Waals surface area contributed by atoms with Gasteiger partial charge in [0.05, 0.1) is 10.6 Å². The van der Waals surface area contributed by atoms with Crippen molar-refractivity contribution in [2.24, 2.45) is 0 Å². The lowest BCUT2D eigenvalue weighted by Crippen LogP contribution is -2.03. The van der Waals surface area contributed by atoms with E-state index in [1.54, 1.807) is 19.9 Å². The molecule has 2 aromatic rings. The largest absolute Gasteiger partial charge is 0.313 e. The first kappa shape index (κ1) is 12.7. The van der Waals surface area contributed by atoms with Crippen LogP contribution in [0.4, 0.5) is 5.69 Å². The second-order valence-corrected chi connectivity index (χ2v) is 4.78. The van der Waals surface area contributed by atoms with Gasteiger partial charge in [-0.25, -0.2) is 9.67 Å². The SMILES string of the molecule is Cc1nc(-n2nc(C)c([N+](=O)[O-])c2C)ccc1Br. The van der Waals surface area contributed by atoms with Gasteiger partial charge in [-0.1, -0.05) is 0 Å². The summed E-state index contributed by atoms with van der Waals surface area (Å²) in [7, 11) is 0. The Balaban J connectivity index is 2.61. The fourth-order valence-electron chi connectivity index (χ4n) is 1.77. The molecular weight excluding hydrogens is 300 g/mol. The zero-order valence-electron chi connectivity index (χ0n) is 10.1. The molecule has 94 valence electrons. The predicted octanol–water partition coefficient (Wildman–Crippen LogP) is 2.86. The normalized spacial score (nSPS) is 10.7. The fraction of sp³-hybridized carbons (Fsp3) is 0.273. The molecule has 0 bridgehead atoms. The smallest absolute Gasteiger partial charge is 0.258 e. The Hall–Kier alpha value is -1.76. The Morgan fingerprint density at radius 2 is 1.94 bits per heavy atom. The van der Waals surface area contributed by atoms with Crippen LogP contribution in [0.25, 0.3) is 5.82 Å². The second kappa shape index (κ2) is 4.49. The summed E-state index contributed by atoms with van der Waals surface area (Å²) in [5, 5.41) is 15.1. The van der Waals surface area contributed by atoms with Crippen molar-refractivity contribution in [1.29, 1.82) is 0 Å². The highest BCUT2D eigenvalue weighted by atomic mass is 79.9. The summed E-state index contributed by atoms with van der Waals surface area (Å²) in [4.78, 5) is 14.9. The van der Waals surface area contributed by atoms with Gasteiger partial charge in [0.25, 0.3) is 0 Å². The first-order chi connectivity index (χ1) is 8.41. The molecule has 0 aliphatic rings. The Morgan fingerprint density at radius 3 is 2.44 bits per heavy atom. The van der Waals surface area contributed by atoms with E-state index in [0.717, 1.165) is 10.2 Å². The van der Waals surface area contributed by atoms with Crippen molar-refractivity contribution >= 4 is 21.6 Å². The number of hydrogen-bond donors (Lipinski definition) is 0. The van der Waals surface area contributed by atoms with E-state index in [0.29, 0.717) is 17.2 Å². The number of nitro groups is 1. The average molecular weight is 311 g/mol. The summed E-state index contributed by atoms with van der Waals surface area (Å²) in [6.45, 7) is 5.14. The molecule has 0 unspecified atom stereocenters. The van der Waals surface area contributed by atoms with Gasteiger partial charge in [0.2, 0.25) is 0 Å². The molecule has 0 fully saturated rings. The van der Waals surface area contributed by atoms with Crippen LogP contribution in [0.15, 0.2) is 16.6 Å². The molecular formula is C11H11BrN4O2. The molecule has 0 saturated carbocycles. The van der Waals surface area contributed by atoms with E-state index in [1.165, 1.54) is 4.68 Å². The highest BCUT2D eigenvalue weighted by Crippen LogP contribution is 2.25. The summed E-state index contributed by atoms with van der Waals surface area (Å²) in [5.74, 6) is 0.574. The van der Waals surface area contributed by atoms with Gasteiger partial charge in [-0.15, -0.1) is 0 Å². The van der Waals surface area contributed by atoms with Gasteiger partial charge in [0.1, 0.15) is 11.4 Å². The van der Waals surface area contributed by atoms with Crippen LogP contribution in [0.2, 0.25) is 0 Å². The van der Waals surface area contributed by atoms with E-state index >= 15 is 0 Å². The third-order valence-electron chi connectivity index (χ3n) is 2.66. The van der Waals surface area contributed by atoms with Crippen molar-refractivity contribution in [2.75, 3.05) is 0 Å². The van der Waals surface area contributed by atoms with Crippen LogP contribution in [0.1, 0.15) is 17.1 Å². The monoisotopic (exact) mass is 310 g/mol. The maximum atomic E-state index is 10.9. The number of nitrogens with zero attached hydrogens (tertiary/aromatic N) is 4. The lowest BCUT2D eigenvalue weighted by Gasteiger charge is -2.04. The molecule has 0 atom stereocenters. The Bertz CT molecular complexity index is 636. The third kappa shape index (κ3) is 2.01. The molecule has 2 aromatic heterocycles. The van der Waals surface area contributed by atoms with Gasteiger partial charge < -0.3 is 0 Å². The lowest BCUT2D eigenvalue weighted by molar-refractivity contribution is -0.386. The van der Waals surface area contributed by atoms with Gasteiger partial charge in [0.15, 0.2) is 5.82 Å². The van der Waals surface area contributed by atoms with E-state index in [-0.39, 0.29) is 5.69 Å². The molecule has 0 saturated heterocycles. The van der Waals surface area contributed by atoms with Gasteiger partial charge in [0, 0.05) is 4.47 Å². The van der Waals surface area contributed by atoms with Gasteiger partial charge in [-0.3, -0.25) is 10.1 Å². The van der Waals surface area contributed by atoms with E-state index in [4.69, 9.17) is 0 Å². The van der Waals surface area contributed by atoms with E-state index in [2.05, 4.69) is 26.0 Å². The highest BCUT2D eigenvalue weighted by molar-refractivity contribution is 9.10. The van der Waals surface area contributed by atoms with E-state index < -0.39 is 4.92 Å². The van der Waals surface area contributed by atoms with Crippen molar-refractivity contribution in [3.05, 3.63) is 43.8 Å². The second-order valence-electron chi connectivity index (χ2n) is 3.93. The first-order valence-corrected chi connectivity index (χ1v) is 6.05. The van der Waals surface area contributed by atoms with Gasteiger partial charge in [-0.2, -0.15) is 5.10 Å². The summed E-state index contributed by atoms with van der Waals surface area (Å²) in [6, 6.07) is 3.61. The topological polar surface area (TPSA) is 73.8 Å². The summed E-state index contributed by atoms with van der Waals surface area (Å²) >= 11 is 3.36. The first-order valence-electron chi connectivity index (χ1n) is 5.26. The van der Waals surface area contributed by atoms with Crippen LogP contribution < -0.4 is 0 Å². The number of halogens is 1. The van der Waals surface area contributed by atoms with Crippen molar-refractivity contribution < 1.29 is 4.92 Å². The zero-order valence-corrected chi connectivity index (χ0v) is 11.7. The minimum Gasteiger partial charge on any atom is -0.258 e. The number of aryl methyl sites for hydroxylation is 2. The third-order valence-corrected chi connectivity index (χ3v) is 3.50. The molecule has 0 aliphatic carbocycles. The molecule has 0 aliphatic heterocycles. The predicted molar refractivity (Wildman–Crippen MR) is 69.9 cm³/mol. The lowest BCUT2D eigenvalue weighted by atomic mass is 10.3. The minimum atomic E-state index is -0.417. The summed E-state index contributed by atoms with van der Waals surface area (Å²) in [5.41, 5.74) is 1.71. The molecule has 0 spiro atoms. The molecule has 0 aromatic carbocycles. The van der Waals surface area contributed by atoms with Crippen molar-refractivity contribution in [3.8, 4) is 5.82 Å². The van der Waals surface area contributed by atoms with Crippen molar-refractivity contribution in [2.45, 2.75) is 20.8 Å². The highest BCUT2D eigenvalue weighted by Gasteiger charge is 2.22. The molecule has 18 heavy (non-hydrogen) atoms. The molecule has 0 N–H and O–H groups in total. The number of aromatic nitrogens is 3. The minimum absolute atomic E-state index is 0.0392. The van der Waals surface area contributed by atoms with Gasteiger partial charge >= 0.3 is 5.69 Å². The van der Waals surface area contributed by atoms with E-state index in [1.807, 2.05) is 13.0 Å². The van der Waals surface area contributed by atoms with Crippen LogP contribution in [0.5, 0.6) is 0 Å². The maximum absolute atomic E-state index is 10.9. The zero-order chi connectivity index (χ0) is 13.4. The Labute approximate surface area is 112 Å². The summed E-state index contributed by atoms with van der Waals surface area (Å²) < 4.78 is 2.38. The van der Waals surface area contributed by atoms with Crippen LogP contribution in [-0.2, 0) is 0 Å². The quantitative estimate of drug-likeness (QED) is 0.631. The van der Waals surface area contributed by atoms with Crippen LogP contribution in [-0.4, -0.2) is 19.7 Å². The van der Waals surface area contributed by atoms with Gasteiger partial charge in [-0.05, 0) is 48.8 Å². The van der Waals surface area contributed by atoms with Crippen molar-refractivity contribution in [1.82, 2.24) is 14.8 Å². The number of rotatable bonds is 2. The maximum Gasteiger partial charge on any atom is 0.313 e. The molecule has 2 heterocycles. The van der Waals surface area contributed by atoms with Crippen molar-refractivity contribution in [3.63, 3.8) is 0 Å². The average Bonchev–Trinajstić information content (AvgIpc) is 2.58. The van der Waals surface area contributed by atoms with E-state index in [9.17, 15) is 10.1 Å². The number of hydrogen-bond acceptors (Lipinski definition) is 4. The van der Waals surface area contributed by atoms with Crippen LogP contribution in [0, 0.1) is 30.9 Å².